The summed E-state index contributed by atoms with van der Waals surface area (Å²) in [6, 6.07) is 7.75. The molecule has 0 bridgehead atoms. The number of benzene rings is 1. The Morgan fingerprint density at radius 1 is 1.21 bits per heavy atom. The predicted octanol–water partition coefficient (Wildman–Crippen LogP) is 1.98. The third-order valence-corrected chi connectivity index (χ3v) is 3.60. The zero-order valence-corrected chi connectivity index (χ0v) is 15.5. The molecule has 1 aromatic heterocycles. The van der Waals surface area contributed by atoms with Crippen LogP contribution in [0.1, 0.15) is 16.1 Å². The second kappa shape index (κ2) is 10.8. The van der Waals surface area contributed by atoms with Crippen molar-refractivity contribution in [3.05, 3.63) is 47.9 Å². The lowest BCUT2D eigenvalue weighted by Gasteiger charge is -2.15. The third-order valence-electron chi connectivity index (χ3n) is 3.60. The quantitative estimate of drug-likeness (QED) is 0.341. The molecular formula is C18H22F2N4O4. The number of nitrogens with one attached hydrogen (secondary N) is 3. The van der Waals surface area contributed by atoms with Crippen LogP contribution < -0.4 is 25.4 Å². The molecule has 10 heteroatoms. The fourth-order valence-corrected chi connectivity index (χ4v) is 2.28. The lowest BCUT2D eigenvalue weighted by Crippen LogP contribution is -2.41. The summed E-state index contributed by atoms with van der Waals surface area (Å²) in [6.45, 7) is -2.02. The number of carbonyl (C=O) groups is 1. The lowest BCUT2D eigenvalue weighted by atomic mass is 10.2. The van der Waals surface area contributed by atoms with Gasteiger partial charge >= 0.3 is 6.61 Å². The van der Waals surface area contributed by atoms with Gasteiger partial charge in [-0.05, 0) is 30.3 Å². The average Bonchev–Trinajstić information content (AvgIpc) is 3.22. The van der Waals surface area contributed by atoms with Gasteiger partial charge in [0.25, 0.3) is 5.91 Å². The Kier molecular flexibility index (Phi) is 8.07. The molecule has 1 heterocycles. The van der Waals surface area contributed by atoms with Gasteiger partial charge in [0, 0.05) is 32.2 Å². The van der Waals surface area contributed by atoms with Crippen LogP contribution in [-0.2, 0) is 6.54 Å². The van der Waals surface area contributed by atoms with E-state index >= 15 is 0 Å². The summed E-state index contributed by atoms with van der Waals surface area (Å²) in [5.74, 6) is 0.900. The second-order valence-electron chi connectivity index (χ2n) is 5.44. The van der Waals surface area contributed by atoms with Crippen molar-refractivity contribution in [3.63, 3.8) is 0 Å². The molecule has 1 amide bonds. The minimum absolute atomic E-state index is 0.0458. The summed E-state index contributed by atoms with van der Waals surface area (Å²) >= 11 is 0. The summed E-state index contributed by atoms with van der Waals surface area (Å²) in [6.07, 6.45) is 1.42. The van der Waals surface area contributed by atoms with Crippen LogP contribution in [0.25, 0.3) is 0 Å². The molecule has 28 heavy (non-hydrogen) atoms. The molecule has 0 saturated heterocycles. The molecule has 0 spiro atoms. The molecule has 3 N–H and O–H groups in total. The van der Waals surface area contributed by atoms with Crippen molar-refractivity contribution in [2.75, 3.05) is 27.2 Å². The number of aliphatic imine (C=N–C) groups is 1. The fraction of sp³-hybridized carbons (Fsp3) is 0.333. The van der Waals surface area contributed by atoms with Crippen LogP contribution in [0, 0.1) is 0 Å². The minimum Gasteiger partial charge on any atom is -0.497 e. The van der Waals surface area contributed by atoms with Gasteiger partial charge in [0.15, 0.2) is 11.7 Å². The van der Waals surface area contributed by atoms with Gasteiger partial charge in [0.2, 0.25) is 0 Å². The molecule has 0 aliphatic carbocycles. The first-order valence-electron chi connectivity index (χ1n) is 8.41. The molecule has 0 radical (unpaired) electrons. The lowest BCUT2D eigenvalue weighted by molar-refractivity contribution is -0.0505. The number of furan rings is 1. The van der Waals surface area contributed by atoms with Crippen molar-refractivity contribution >= 4 is 11.9 Å². The van der Waals surface area contributed by atoms with Gasteiger partial charge in [-0.2, -0.15) is 8.78 Å². The van der Waals surface area contributed by atoms with Gasteiger partial charge < -0.3 is 29.8 Å². The second-order valence-corrected chi connectivity index (χ2v) is 5.44. The highest BCUT2D eigenvalue weighted by atomic mass is 19.3. The first-order valence-corrected chi connectivity index (χ1v) is 8.41. The van der Waals surface area contributed by atoms with Crippen LogP contribution in [0.2, 0.25) is 0 Å². The summed E-state index contributed by atoms with van der Waals surface area (Å²) in [7, 11) is 3.05. The third kappa shape index (κ3) is 6.45. The van der Waals surface area contributed by atoms with E-state index in [0.717, 1.165) is 0 Å². The van der Waals surface area contributed by atoms with Gasteiger partial charge in [-0.3, -0.25) is 9.79 Å². The van der Waals surface area contributed by atoms with Crippen molar-refractivity contribution in [1.29, 1.82) is 0 Å². The van der Waals surface area contributed by atoms with E-state index in [-0.39, 0.29) is 24.0 Å². The number of alkyl halides is 2. The van der Waals surface area contributed by atoms with Crippen LogP contribution in [-0.4, -0.2) is 45.7 Å². The summed E-state index contributed by atoms with van der Waals surface area (Å²) in [5, 5.41) is 8.68. The van der Waals surface area contributed by atoms with Crippen LogP contribution in [0.3, 0.4) is 0 Å². The molecule has 2 rings (SSSR count). The van der Waals surface area contributed by atoms with Crippen LogP contribution in [0.4, 0.5) is 8.78 Å². The van der Waals surface area contributed by atoms with E-state index in [2.05, 4.69) is 25.7 Å². The molecule has 1 aromatic carbocycles. The zero-order valence-electron chi connectivity index (χ0n) is 15.5. The van der Waals surface area contributed by atoms with E-state index in [9.17, 15) is 13.6 Å². The molecule has 0 atom stereocenters. The Balaban J connectivity index is 1.83. The van der Waals surface area contributed by atoms with E-state index in [1.54, 1.807) is 25.2 Å². The van der Waals surface area contributed by atoms with Crippen molar-refractivity contribution in [3.8, 4) is 11.5 Å². The maximum atomic E-state index is 12.6. The van der Waals surface area contributed by atoms with Gasteiger partial charge in [-0.15, -0.1) is 0 Å². The van der Waals surface area contributed by atoms with Crippen LogP contribution in [0.15, 0.2) is 46.0 Å². The summed E-state index contributed by atoms with van der Waals surface area (Å²) in [4.78, 5) is 15.8. The Morgan fingerprint density at radius 2 is 2.00 bits per heavy atom. The fourth-order valence-electron chi connectivity index (χ4n) is 2.28. The van der Waals surface area contributed by atoms with E-state index in [0.29, 0.717) is 30.4 Å². The van der Waals surface area contributed by atoms with Gasteiger partial charge in [-0.1, -0.05) is 0 Å². The first-order chi connectivity index (χ1) is 13.5. The molecule has 152 valence electrons. The maximum Gasteiger partial charge on any atom is 0.387 e. The van der Waals surface area contributed by atoms with Gasteiger partial charge in [-0.25, -0.2) is 0 Å². The molecule has 0 unspecified atom stereocenters. The number of methoxy groups -OCH3 is 1. The van der Waals surface area contributed by atoms with Crippen molar-refractivity contribution < 1.29 is 27.5 Å². The standard InChI is InChI=1S/C18H22F2N4O4/c1-21-18(23-8-7-22-16(25)15-4-3-9-27-15)24-11-12-10-13(26-2)5-6-14(12)28-17(19)20/h3-6,9-10,17H,7-8,11H2,1-2H3,(H,22,25)(H2,21,23,24). The maximum absolute atomic E-state index is 12.6. The monoisotopic (exact) mass is 396 g/mol. The predicted molar refractivity (Wildman–Crippen MR) is 98.9 cm³/mol. The number of hydrogen-bond donors (Lipinski definition) is 3. The number of rotatable bonds is 9. The largest absolute Gasteiger partial charge is 0.497 e. The van der Waals surface area contributed by atoms with E-state index in [1.165, 1.54) is 25.5 Å². The number of halogens is 2. The zero-order chi connectivity index (χ0) is 20.4. The number of amides is 1. The van der Waals surface area contributed by atoms with Crippen molar-refractivity contribution in [2.24, 2.45) is 4.99 Å². The van der Waals surface area contributed by atoms with Crippen LogP contribution >= 0.6 is 0 Å². The number of hydrogen-bond acceptors (Lipinski definition) is 5. The smallest absolute Gasteiger partial charge is 0.387 e. The van der Waals surface area contributed by atoms with Gasteiger partial charge in [0.1, 0.15) is 11.5 Å². The molecule has 0 fully saturated rings. The van der Waals surface area contributed by atoms with E-state index in [4.69, 9.17) is 9.15 Å². The molecular weight excluding hydrogens is 374 g/mol. The number of ether oxygens (including phenoxy) is 2. The molecule has 0 aliphatic heterocycles. The molecule has 8 nitrogen and oxygen atoms in total. The summed E-state index contributed by atoms with van der Waals surface area (Å²) < 4.78 is 39.8. The SMILES string of the molecule is CN=C(NCCNC(=O)c1ccco1)NCc1cc(OC)ccc1OC(F)F. The molecule has 0 saturated carbocycles. The van der Waals surface area contributed by atoms with Gasteiger partial charge in [0.05, 0.1) is 13.4 Å². The van der Waals surface area contributed by atoms with E-state index < -0.39 is 6.61 Å². The Morgan fingerprint density at radius 3 is 2.64 bits per heavy atom. The molecule has 2 aromatic rings. The van der Waals surface area contributed by atoms with Crippen molar-refractivity contribution in [2.45, 2.75) is 13.2 Å². The first kappa shape index (κ1) is 21.0. The van der Waals surface area contributed by atoms with Crippen LogP contribution in [0.5, 0.6) is 11.5 Å². The topological polar surface area (TPSA) is 97.1 Å². The summed E-state index contributed by atoms with van der Waals surface area (Å²) in [5.41, 5.74) is 0.480. The van der Waals surface area contributed by atoms with E-state index in [1.807, 2.05) is 0 Å². The number of nitrogens with zero attached hydrogens (tertiary/aromatic N) is 1. The Hall–Kier alpha value is -3.30. The highest BCUT2D eigenvalue weighted by molar-refractivity contribution is 5.91. The number of carbonyl (C=O) groups excluding carboxylic acids is 1. The molecule has 0 aliphatic rings. The Labute approximate surface area is 160 Å². The highest BCUT2D eigenvalue weighted by Gasteiger charge is 2.12. The minimum atomic E-state index is -2.93. The number of guanidine groups is 1. The Bertz CT molecular complexity index is 782. The normalized spacial score (nSPS) is 11.2. The highest BCUT2D eigenvalue weighted by Crippen LogP contribution is 2.25. The average molecular weight is 396 g/mol. The van der Waals surface area contributed by atoms with Crippen molar-refractivity contribution in [1.82, 2.24) is 16.0 Å².